The zero-order valence-corrected chi connectivity index (χ0v) is 10.5. The predicted molar refractivity (Wildman–Crippen MR) is 71.7 cm³/mol. The summed E-state index contributed by atoms with van der Waals surface area (Å²) in [6.45, 7) is 2.22. The van der Waals surface area contributed by atoms with Crippen molar-refractivity contribution >= 4 is 6.21 Å². The second kappa shape index (κ2) is 5.85. The highest BCUT2D eigenvalue weighted by molar-refractivity contribution is 5.79. The van der Waals surface area contributed by atoms with Crippen molar-refractivity contribution in [1.29, 1.82) is 0 Å². The number of aliphatic imine (C=N–C) groups is 1. The molecule has 0 heterocycles. The standard InChI is InChI=1S/C15H21NO/c1-12(14-5-3-2-4-6-14)16-11-13-7-9-15(17)10-8-13/h7-12,14,17H,2-6H2,1H3. The fraction of sp³-hybridized carbons (Fsp3) is 0.533. The summed E-state index contributed by atoms with van der Waals surface area (Å²) in [5, 5.41) is 9.19. The molecular formula is C15H21NO. The van der Waals surface area contributed by atoms with Crippen LogP contribution in [-0.4, -0.2) is 17.4 Å². The first kappa shape index (κ1) is 12.2. The van der Waals surface area contributed by atoms with Crippen LogP contribution in [0.1, 0.15) is 44.6 Å². The van der Waals surface area contributed by atoms with Crippen LogP contribution in [0.2, 0.25) is 0 Å². The number of hydrogen-bond acceptors (Lipinski definition) is 2. The first-order chi connectivity index (χ1) is 8.25. The van der Waals surface area contributed by atoms with E-state index in [0.717, 1.165) is 11.5 Å². The van der Waals surface area contributed by atoms with Gasteiger partial charge in [-0.05, 0) is 55.5 Å². The number of phenols is 1. The van der Waals surface area contributed by atoms with Crippen molar-refractivity contribution in [2.75, 3.05) is 0 Å². The van der Waals surface area contributed by atoms with E-state index >= 15 is 0 Å². The second-order valence-corrected chi connectivity index (χ2v) is 5.01. The zero-order chi connectivity index (χ0) is 12.1. The van der Waals surface area contributed by atoms with Crippen LogP contribution in [0.5, 0.6) is 5.75 Å². The van der Waals surface area contributed by atoms with Crippen LogP contribution in [0, 0.1) is 5.92 Å². The van der Waals surface area contributed by atoms with Gasteiger partial charge in [0.15, 0.2) is 0 Å². The van der Waals surface area contributed by atoms with Gasteiger partial charge >= 0.3 is 0 Å². The van der Waals surface area contributed by atoms with E-state index < -0.39 is 0 Å². The summed E-state index contributed by atoms with van der Waals surface area (Å²) in [6.07, 6.45) is 8.71. The molecule has 0 aromatic heterocycles. The molecule has 0 aliphatic heterocycles. The van der Waals surface area contributed by atoms with Gasteiger partial charge in [-0.15, -0.1) is 0 Å². The Bertz CT molecular complexity index is 363. The number of benzene rings is 1. The van der Waals surface area contributed by atoms with E-state index in [4.69, 9.17) is 0 Å². The van der Waals surface area contributed by atoms with Crippen molar-refractivity contribution in [3.63, 3.8) is 0 Å². The zero-order valence-electron chi connectivity index (χ0n) is 10.5. The van der Waals surface area contributed by atoms with Gasteiger partial charge in [0, 0.05) is 12.3 Å². The maximum atomic E-state index is 9.19. The molecule has 2 heteroatoms. The molecule has 0 spiro atoms. The SMILES string of the molecule is CC(N=Cc1ccc(O)cc1)C1CCCCC1. The van der Waals surface area contributed by atoms with E-state index in [1.54, 1.807) is 12.1 Å². The van der Waals surface area contributed by atoms with Crippen molar-refractivity contribution in [1.82, 2.24) is 0 Å². The number of hydrogen-bond donors (Lipinski definition) is 1. The molecule has 1 unspecified atom stereocenters. The molecule has 1 fully saturated rings. The van der Waals surface area contributed by atoms with E-state index in [0.29, 0.717) is 11.8 Å². The smallest absolute Gasteiger partial charge is 0.115 e. The van der Waals surface area contributed by atoms with Gasteiger partial charge < -0.3 is 5.11 Å². The van der Waals surface area contributed by atoms with Crippen LogP contribution < -0.4 is 0 Å². The normalized spacial score (nSPS) is 19.6. The summed E-state index contributed by atoms with van der Waals surface area (Å²) in [5.41, 5.74) is 1.06. The van der Waals surface area contributed by atoms with E-state index in [-0.39, 0.29) is 0 Å². The Hall–Kier alpha value is -1.31. The largest absolute Gasteiger partial charge is 0.508 e. The molecule has 1 aromatic rings. The molecule has 1 saturated carbocycles. The molecule has 2 rings (SSSR count). The fourth-order valence-electron chi connectivity index (χ4n) is 2.50. The highest BCUT2D eigenvalue weighted by Crippen LogP contribution is 2.27. The van der Waals surface area contributed by atoms with Gasteiger partial charge in [-0.25, -0.2) is 0 Å². The third-order valence-corrected chi connectivity index (χ3v) is 3.68. The number of rotatable bonds is 3. The van der Waals surface area contributed by atoms with Crippen LogP contribution in [0.4, 0.5) is 0 Å². The highest BCUT2D eigenvalue weighted by atomic mass is 16.3. The van der Waals surface area contributed by atoms with Crippen molar-refractivity contribution in [3.8, 4) is 5.75 Å². The Morgan fingerprint density at radius 1 is 1.18 bits per heavy atom. The Morgan fingerprint density at radius 3 is 2.47 bits per heavy atom. The van der Waals surface area contributed by atoms with Crippen LogP contribution in [0.3, 0.4) is 0 Å². The molecule has 0 saturated heterocycles. The average Bonchev–Trinajstić information content (AvgIpc) is 2.39. The van der Waals surface area contributed by atoms with Gasteiger partial charge in [0.2, 0.25) is 0 Å². The van der Waals surface area contributed by atoms with Gasteiger partial charge in [-0.2, -0.15) is 0 Å². The highest BCUT2D eigenvalue weighted by Gasteiger charge is 2.18. The Kier molecular flexibility index (Phi) is 4.18. The molecule has 0 radical (unpaired) electrons. The summed E-state index contributed by atoms with van der Waals surface area (Å²) in [4.78, 5) is 4.64. The first-order valence-corrected chi connectivity index (χ1v) is 6.58. The quantitative estimate of drug-likeness (QED) is 0.789. The van der Waals surface area contributed by atoms with Crippen LogP contribution in [0.15, 0.2) is 29.3 Å². The van der Waals surface area contributed by atoms with Crippen molar-refractivity contribution in [2.24, 2.45) is 10.9 Å². The Morgan fingerprint density at radius 2 is 1.82 bits per heavy atom. The van der Waals surface area contributed by atoms with E-state index in [1.165, 1.54) is 32.1 Å². The van der Waals surface area contributed by atoms with Crippen LogP contribution in [-0.2, 0) is 0 Å². The lowest BCUT2D eigenvalue weighted by atomic mass is 9.85. The van der Waals surface area contributed by atoms with Crippen LogP contribution in [0.25, 0.3) is 0 Å². The number of phenolic OH excluding ortho intramolecular Hbond substituents is 1. The fourth-order valence-corrected chi connectivity index (χ4v) is 2.50. The molecule has 1 aliphatic rings. The summed E-state index contributed by atoms with van der Waals surface area (Å²) in [6, 6.07) is 7.61. The number of aromatic hydroxyl groups is 1. The summed E-state index contributed by atoms with van der Waals surface area (Å²) < 4.78 is 0. The van der Waals surface area contributed by atoms with Crippen molar-refractivity contribution in [2.45, 2.75) is 45.1 Å². The Balaban J connectivity index is 1.92. The van der Waals surface area contributed by atoms with Gasteiger partial charge in [-0.1, -0.05) is 19.3 Å². The third kappa shape index (κ3) is 3.58. The lowest BCUT2D eigenvalue weighted by Crippen LogP contribution is -2.18. The van der Waals surface area contributed by atoms with Crippen LogP contribution >= 0.6 is 0 Å². The van der Waals surface area contributed by atoms with E-state index in [9.17, 15) is 5.11 Å². The molecule has 92 valence electrons. The second-order valence-electron chi connectivity index (χ2n) is 5.01. The minimum absolute atomic E-state index is 0.308. The first-order valence-electron chi connectivity index (χ1n) is 6.58. The topological polar surface area (TPSA) is 32.6 Å². The maximum Gasteiger partial charge on any atom is 0.115 e. The molecule has 1 aliphatic carbocycles. The summed E-state index contributed by atoms with van der Waals surface area (Å²) in [7, 11) is 0. The summed E-state index contributed by atoms with van der Waals surface area (Å²) >= 11 is 0. The van der Waals surface area contributed by atoms with Crippen molar-refractivity contribution in [3.05, 3.63) is 29.8 Å². The lowest BCUT2D eigenvalue weighted by Gasteiger charge is -2.24. The summed E-state index contributed by atoms with van der Waals surface area (Å²) in [5.74, 6) is 1.07. The molecule has 17 heavy (non-hydrogen) atoms. The average molecular weight is 231 g/mol. The molecule has 0 amide bonds. The maximum absolute atomic E-state index is 9.19. The predicted octanol–water partition coefficient (Wildman–Crippen LogP) is 3.78. The van der Waals surface area contributed by atoms with E-state index in [1.807, 2.05) is 18.3 Å². The molecular weight excluding hydrogens is 210 g/mol. The molecule has 1 N–H and O–H groups in total. The van der Waals surface area contributed by atoms with Gasteiger partial charge in [0.25, 0.3) is 0 Å². The van der Waals surface area contributed by atoms with Gasteiger partial charge in [0.05, 0.1) is 0 Å². The molecule has 1 atom stereocenters. The minimum atomic E-state index is 0.308. The number of nitrogens with zero attached hydrogens (tertiary/aromatic N) is 1. The van der Waals surface area contributed by atoms with Gasteiger partial charge in [-0.3, -0.25) is 4.99 Å². The molecule has 0 bridgehead atoms. The van der Waals surface area contributed by atoms with Crippen molar-refractivity contribution < 1.29 is 5.11 Å². The minimum Gasteiger partial charge on any atom is -0.508 e. The molecule has 2 nitrogen and oxygen atoms in total. The molecule has 1 aromatic carbocycles. The van der Waals surface area contributed by atoms with Gasteiger partial charge in [0.1, 0.15) is 5.75 Å². The monoisotopic (exact) mass is 231 g/mol. The Labute approximate surface area is 103 Å². The third-order valence-electron chi connectivity index (χ3n) is 3.68. The van der Waals surface area contributed by atoms with E-state index in [2.05, 4.69) is 11.9 Å². The lowest BCUT2D eigenvalue weighted by molar-refractivity contribution is 0.318.